The molecule has 2 aromatic heterocycles. The molecule has 140 valence electrons. The van der Waals surface area contributed by atoms with Crippen molar-refractivity contribution in [2.24, 2.45) is 0 Å². The van der Waals surface area contributed by atoms with Crippen molar-refractivity contribution in [1.82, 2.24) is 20.6 Å². The van der Waals surface area contributed by atoms with Gasteiger partial charge in [0.05, 0.1) is 10.2 Å². The number of hydrogen-bond donors (Lipinski definition) is 3. The molecule has 0 saturated carbocycles. The summed E-state index contributed by atoms with van der Waals surface area (Å²) in [6.45, 7) is 2.06. The summed E-state index contributed by atoms with van der Waals surface area (Å²) >= 11 is 1.62. The molecule has 4 rings (SSSR count). The van der Waals surface area contributed by atoms with Crippen LogP contribution in [0.3, 0.4) is 0 Å². The maximum Gasteiger partial charge on any atom is 0.269 e. The molecule has 0 aliphatic carbocycles. The molecule has 1 atom stereocenters. The van der Waals surface area contributed by atoms with Gasteiger partial charge < -0.3 is 20.7 Å². The Morgan fingerprint density at radius 2 is 2.19 bits per heavy atom. The molecule has 1 aromatic carbocycles. The van der Waals surface area contributed by atoms with Gasteiger partial charge in [-0.2, -0.15) is 0 Å². The summed E-state index contributed by atoms with van der Waals surface area (Å²) in [5.41, 5.74) is 1.26. The number of thiazole rings is 1. The number of carbonyl (C=O) groups is 1. The summed E-state index contributed by atoms with van der Waals surface area (Å²) < 4.78 is 6.96. The number of fused-ring (bicyclic) bond motifs is 1. The first-order valence-electron chi connectivity index (χ1n) is 8.95. The lowest BCUT2D eigenvalue weighted by atomic mass is 10.1. The molecule has 1 aliphatic rings. The highest BCUT2D eigenvalue weighted by Crippen LogP contribution is 2.32. The van der Waals surface area contributed by atoms with Crippen LogP contribution in [0.4, 0.5) is 5.13 Å². The van der Waals surface area contributed by atoms with Crippen LogP contribution in [-0.2, 0) is 0 Å². The van der Waals surface area contributed by atoms with Crippen LogP contribution in [0.5, 0.6) is 11.5 Å². The number of amides is 1. The average molecular weight is 383 g/mol. The quantitative estimate of drug-likeness (QED) is 0.628. The lowest BCUT2D eigenvalue weighted by Crippen LogP contribution is -2.38. The number of rotatable bonds is 5. The number of benzene rings is 1. The third-order valence-corrected chi connectivity index (χ3v) is 5.36. The van der Waals surface area contributed by atoms with Crippen LogP contribution < -0.4 is 20.7 Å². The van der Waals surface area contributed by atoms with Crippen molar-refractivity contribution in [3.05, 3.63) is 42.2 Å². The van der Waals surface area contributed by atoms with E-state index in [-0.39, 0.29) is 5.91 Å². The molecule has 0 spiro atoms. The zero-order chi connectivity index (χ0) is 18.6. The summed E-state index contributed by atoms with van der Waals surface area (Å²) in [4.78, 5) is 20.4. The molecule has 1 saturated heterocycles. The highest BCUT2D eigenvalue weighted by molar-refractivity contribution is 7.22. The van der Waals surface area contributed by atoms with Gasteiger partial charge in [-0.25, -0.2) is 4.98 Å². The van der Waals surface area contributed by atoms with Crippen LogP contribution in [0.15, 0.2) is 36.5 Å². The lowest BCUT2D eigenvalue weighted by molar-refractivity contribution is 0.0958. The predicted molar refractivity (Wildman–Crippen MR) is 107 cm³/mol. The zero-order valence-corrected chi connectivity index (χ0v) is 15.8. The molecule has 1 fully saturated rings. The fourth-order valence-electron chi connectivity index (χ4n) is 3.04. The second-order valence-electron chi connectivity index (χ2n) is 6.39. The number of nitrogens with one attached hydrogen (secondary N) is 3. The standard InChI is InChI=1S/C19H21N5O2S/c1-20-18(25)16-9-14(6-8-22-16)26-13-4-5-15-17(10-13)27-19(24-15)23-12-3-2-7-21-11-12/h4-6,8-10,12,21H,2-3,7,11H2,1H3,(H,20,25)(H,23,24)/t12-/m0/s1. The molecule has 1 amide bonds. The van der Waals surface area contributed by atoms with Gasteiger partial charge >= 0.3 is 0 Å². The van der Waals surface area contributed by atoms with Crippen molar-refractivity contribution in [3.8, 4) is 11.5 Å². The first-order valence-corrected chi connectivity index (χ1v) is 9.77. The van der Waals surface area contributed by atoms with Gasteiger partial charge in [0.25, 0.3) is 5.91 Å². The molecule has 0 unspecified atom stereocenters. The Labute approximate surface area is 161 Å². The minimum atomic E-state index is -0.244. The van der Waals surface area contributed by atoms with Crippen LogP contribution in [0.25, 0.3) is 10.2 Å². The van der Waals surface area contributed by atoms with Gasteiger partial charge in [0.15, 0.2) is 5.13 Å². The number of ether oxygens (including phenoxy) is 1. The largest absolute Gasteiger partial charge is 0.457 e. The van der Waals surface area contributed by atoms with E-state index in [2.05, 4.69) is 25.9 Å². The van der Waals surface area contributed by atoms with Crippen molar-refractivity contribution < 1.29 is 9.53 Å². The van der Waals surface area contributed by atoms with E-state index in [4.69, 9.17) is 4.74 Å². The number of aromatic nitrogens is 2. The third-order valence-electron chi connectivity index (χ3n) is 4.41. The molecule has 0 bridgehead atoms. The first kappa shape index (κ1) is 17.7. The Balaban J connectivity index is 1.50. The Kier molecular flexibility index (Phi) is 5.17. The summed E-state index contributed by atoms with van der Waals surface area (Å²) in [5, 5.41) is 10.4. The minimum Gasteiger partial charge on any atom is -0.457 e. The summed E-state index contributed by atoms with van der Waals surface area (Å²) in [6, 6.07) is 9.58. The van der Waals surface area contributed by atoms with Crippen LogP contribution >= 0.6 is 11.3 Å². The molecule has 7 nitrogen and oxygen atoms in total. The van der Waals surface area contributed by atoms with E-state index < -0.39 is 0 Å². The van der Waals surface area contributed by atoms with Crippen LogP contribution in [-0.4, -0.2) is 42.1 Å². The monoisotopic (exact) mass is 383 g/mol. The number of hydrogen-bond acceptors (Lipinski definition) is 7. The molecule has 3 heterocycles. The van der Waals surface area contributed by atoms with Crippen molar-refractivity contribution in [3.63, 3.8) is 0 Å². The van der Waals surface area contributed by atoms with Crippen LogP contribution in [0, 0.1) is 0 Å². The smallest absolute Gasteiger partial charge is 0.269 e. The Morgan fingerprint density at radius 1 is 1.30 bits per heavy atom. The van der Waals surface area contributed by atoms with Crippen molar-refractivity contribution in [2.45, 2.75) is 18.9 Å². The van der Waals surface area contributed by atoms with E-state index in [0.717, 1.165) is 34.9 Å². The summed E-state index contributed by atoms with van der Waals surface area (Å²) in [7, 11) is 1.57. The Morgan fingerprint density at radius 3 is 3.00 bits per heavy atom. The van der Waals surface area contributed by atoms with Crippen LogP contribution in [0.2, 0.25) is 0 Å². The maximum atomic E-state index is 11.7. The normalized spacial score (nSPS) is 16.9. The summed E-state index contributed by atoms with van der Waals surface area (Å²) in [5.74, 6) is 1.02. The molecule has 8 heteroatoms. The van der Waals surface area contributed by atoms with Gasteiger partial charge in [-0.1, -0.05) is 11.3 Å². The second kappa shape index (κ2) is 7.89. The SMILES string of the molecule is CNC(=O)c1cc(Oc2ccc3nc(N[C@H]4CCCNC4)sc3c2)ccn1. The van der Waals surface area contributed by atoms with Gasteiger partial charge in [-0.3, -0.25) is 9.78 Å². The Hall–Kier alpha value is -2.71. The topological polar surface area (TPSA) is 88.2 Å². The van der Waals surface area contributed by atoms with Gasteiger partial charge in [0, 0.05) is 38.0 Å². The number of anilines is 1. The van der Waals surface area contributed by atoms with Gasteiger partial charge in [0.2, 0.25) is 0 Å². The van der Waals surface area contributed by atoms with Gasteiger partial charge in [-0.15, -0.1) is 0 Å². The van der Waals surface area contributed by atoms with E-state index in [1.807, 2.05) is 18.2 Å². The average Bonchev–Trinajstić information content (AvgIpc) is 3.10. The van der Waals surface area contributed by atoms with Crippen molar-refractivity contribution in [1.29, 1.82) is 0 Å². The number of carbonyl (C=O) groups excluding carboxylic acids is 1. The molecular formula is C19H21N5O2S. The van der Waals surface area contributed by atoms with Crippen LogP contribution in [0.1, 0.15) is 23.3 Å². The third kappa shape index (κ3) is 4.17. The molecule has 3 aromatic rings. The van der Waals surface area contributed by atoms with E-state index in [1.165, 1.54) is 6.42 Å². The number of piperidine rings is 1. The highest BCUT2D eigenvalue weighted by Gasteiger charge is 2.15. The molecule has 0 radical (unpaired) electrons. The van der Waals surface area contributed by atoms with Crippen molar-refractivity contribution >= 4 is 32.6 Å². The lowest BCUT2D eigenvalue weighted by Gasteiger charge is -2.23. The minimum absolute atomic E-state index is 0.244. The summed E-state index contributed by atoms with van der Waals surface area (Å²) in [6.07, 6.45) is 3.91. The fraction of sp³-hybridized carbons (Fsp3) is 0.316. The Bertz CT molecular complexity index is 952. The second-order valence-corrected chi connectivity index (χ2v) is 7.42. The number of nitrogens with zero attached hydrogens (tertiary/aromatic N) is 2. The maximum absolute atomic E-state index is 11.7. The van der Waals surface area contributed by atoms with E-state index in [9.17, 15) is 4.79 Å². The van der Waals surface area contributed by atoms with Crippen molar-refractivity contribution in [2.75, 3.05) is 25.5 Å². The van der Waals surface area contributed by atoms with Gasteiger partial charge in [-0.05, 0) is 37.6 Å². The van der Waals surface area contributed by atoms with E-state index in [0.29, 0.717) is 23.2 Å². The van der Waals surface area contributed by atoms with E-state index in [1.54, 1.807) is 36.7 Å². The number of pyridine rings is 1. The molecule has 3 N–H and O–H groups in total. The molecule has 27 heavy (non-hydrogen) atoms. The predicted octanol–water partition coefficient (Wildman–Crippen LogP) is 3.01. The highest BCUT2D eigenvalue weighted by atomic mass is 32.1. The first-order chi connectivity index (χ1) is 13.2. The van der Waals surface area contributed by atoms with E-state index >= 15 is 0 Å². The molecule has 1 aliphatic heterocycles. The van der Waals surface area contributed by atoms with Gasteiger partial charge in [0.1, 0.15) is 17.2 Å². The fourth-order valence-corrected chi connectivity index (χ4v) is 4.01. The molecular weight excluding hydrogens is 362 g/mol. The zero-order valence-electron chi connectivity index (χ0n) is 15.0.